The minimum absolute atomic E-state index is 0.0199. The number of hydrogen-bond donors (Lipinski definition) is 4. The molecule has 1 saturated heterocycles. The first-order valence-corrected chi connectivity index (χ1v) is 11.0. The summed E-state index contributed by atoms with van der Waals surface area (Å²) >= 11 is 0. The van der Waals surface area contributed by atoms with Gasteiger partial charge in [-0.25, -0.2) is 8.78 Å². The molecule has 0 aliphatic carbocycles. The van der Waals surface area contributed by atoms with E-state index >= 15 is 0 Å². The summed E-state index contributed by atoms with van der Waals surface area (Å²) in [6.45, 7) is 4.26. The number of nitrogens with one attached hydrogen (secondary N) is 4. The Morgan fingerprint density at radius 2 is 2.00 bits per heavy atom. The zero-order valence-corrected chi connectivity index (χ0v) is 19.1. The van der Waals surface area contributed by atoms with Crippen LogP contribution in [0.5, 0.6) is 5.75 Å². The molecule has 3 amide bonds. The molecule has 1 fully saturated rings. The van der Waals surface area contributed by atoms with Crippen molar-refractivity contribution in [3.63, 3.8) is 0 Å². The van der Waals surface area contributed by atoms with Crippen LogP contribution in [0.4, 0.5) is 8.78 Å². The van der Waals surface area contributed by atoms with E-state index in [-0.39, 0.29) is 52.9 Å². The van der Waals surface area contributed by atoms with Crippen molar-refractivity contribution in [2.45, 2.75) is 45.2 Å². The molecule has 1 aromatic heterocycles. The van der Waals surface area contributed by atoms with Crippen LogP contribution in [0.2, 0.25) is 0 Å². The summed E-state index contributed by atoms with van der Waals surface area (Å²) in [7, 11) is 1.23. The Morgan fingerprint density at radius 3 is 2.59 bits per heavy atom. The number of ether oxygens (including phenoxy) is 1. The first-order valence-electron chi connectivity index (χ1n) is 11.0. The summed E-state index contributed by atoms with van der Waals surface area (Å²) in [5.74, 6) is -3.78. The largest absolute Gasteiger partial charge is 0.493 e. The van der Waals surface area contributed by atoms with E-state index in [4.69, 9.17) is 4.74 Å². The molecule has 0 saturated carbocycles. The van der Waals surface area contributed by atoms with Crippen molar-refractivity contribution in [1.82, 2.24) is 20.9 Å². The molecule has 34 heavy (non-hydrogen) atoms. The third-order valence-electron chi connectivity index (χ3n) is 5.70. The molecule has 11 heteroatoms. The molecule has 4 N–H and O–H groups in total. The van der Waals surface area contributed by atoms with Gasteiger partial charge in [0.1, 0.15) is 23.6 Å². The van der Waals surface area contributed by atoms with Crippen molar-refractivity contribution < 1.29 is 27.9 Å². The number of hydrogen-bond acceptors (Lipinski definition) is 5. The molecule has 2 unspecified atom stereocenters. The normalized spacial score (nSPS) is 17.2. The summed E-state index contributed by atoms with van der Waals surface area (Å²) in [6, 6.07) is 2.00. The third kappa shape index (κ3) is 5.44. The van der Waals surface area contributed by atoms with E-state index in [0.29, 0.717) is 19.0 Å². The SMILES string of the molecule is COc1c(F)cc(F)c2[nH]c(C(=O)NC(CC(C)C)C(=O)NC(C#N)C[C@@H]3CCNC3=O)cc12. The van der Waals surface area contributed by atoms with Crippen LogP contribution in [0.3, 0.4) is 0 Å². The number of amides is 3. The number of carbonyl (C=O) groups excluding carboxylic acids is 3. The number of fused-ring (bicyclic) bond motifs is 1. The molecule has 1 aliphatic heterocycles. The number of H-pyrrole nitrogens is 1. The Bertz CT molecular complexity index is 1140. The Labute approximate surface area is 195 Å². The quantitative estimate of drug-likeness (QED) is 0.441. The minimum Gasteiger partial charge on any atom is -0.493 e. The van der Waals surface area contributed by atoms with Gasteiger partial charge in [0.15, 0.2) is 11.6 Å². The Hall–Kier alpha value is -3.68. The topological polar surface area (TPSA) is 136 Å². The van der Waals surface area contributed by atoms with E-state index in [1.807, 2.05) is 19.9 Å². The van der Waals surface area contributed by atoms with E-state index in [1.165, 1.54) is 13.2 Å². The van der Waals surface area contributed by atoms with Crippen molar-refractivity contribution in [3.05, 3.63) is 29.5 Å². The summed E-state index contributed by atoms with van der Waals surface area (Å²) in [5, 5.41) is 17.4. The van der Waals surface area contributed by atoms with Gasteiger partial charge in [0.2, 0.25) is 11.8 Å². The molecular weight excluding hydrogens is 448 g/mol. The van der Waals surface area contributed by atoms with E-state index < -0.39 is 35.5 Å². The molecule has 1 aromatic carbocycles. The van der Waals surface area contributed by atoms with Gasteiger partial charge >= 0.3 is 0 Å². The minimum atomic E-state index is -0.990. The van der Waals surface area contributed by atoms with E-state index in [1.54, 1.807) is 0 Å². The maximum absolute atomic E-state index is 14.2. The van der Waals surface area contributed by atoms with Crippen molar-refractivity contribution in [2.24, 2.45) is 11.8 Å². The second kappa shape index (κ2) is 10.5. The van der Waals surface area contributed by atoms with Gasteiger partial charge in [-0.2, -0.15) is 5.26 Å². The van der Waals surface area contributed by atoms with E-state index in [0.717, 1.165) is 0 Å². The number of aromatic nitrogens is 1. The summed E-state index contributed by atoms with van der Waals surface area (Å²) in [6.07, 6.45) is 1.02. The lowest BCUT2D eigenvalue weighted by molar-refractivity contribution is -0.125. The number of methoxy groups -OCH3 is 1. The van der Waals surface area contributed by atoms with Crippen LogP contribution in [-0.2, 0) is 9.59 Å². The lowest BCUT2D eigenvalue weighted by atomic mass is 9.98. The fraction of sp³-hybridized carbons (Fsp3) is 0.478. The standard InChI is InChI=1S/C23H27F2N5O4/c1-11(2)6-17(22(32)28-13(10-26)7-12-4-5-27-21(12)31)30-23(33)18-8-14-19(29-18)15(24)9-16(25)20(14)34-3/h8-9,11-13,17,29H,4-7H2,1-3H3,(H,27,31)(H,28,32)(H,30,33)/t12-,13?,17?/m0/s1. The highest BCUT2D eigenvalue weighted by Gasteiger charge is 2.30. The zero-order valence-electron chi connectivity index (χ0n) is 19.1. The van der Waals surface area contributed by atoms with Crippen molar-refractivity contribution in [2.75, 3.05) is 13.7 Å². The van der Waals surface area contributed by atoms with Crippen molar-refractivity contribution in [1.29, 1.82) is 5.26 Å². The number of nitriles is 1. The number of halogens is 2. The first kappa shape index (κ1) is 25.0. The van der Waals surface area contributed by atoms with Crippen LogP contribution in [0.1, 0.15) is 43.6 Å². The van der Waals surface area contributed by atoms with Crippen LogP contribution in [0.25, 0.3) is 10.9 Å². The maximum Gasteiger partial charge on any atom is 0.268 e. The number of rotatable bonds is 9. The fourth-order valence-electron chi connectivity index (χ4n) is 4.04. The Kier molecular flexibility index (Phi) is 7.71. The molecule has 0 bridgehead atoms. The second-order valence-electron chi connectivity index (χ2n) is 8.70. The molecule has 1 aliphatic rings. The lowest BCUT2D eigenvalue weighted by Gasteiger charge is -2.22. The highest BCUT2D eigenvalue weighted by atomic mass is 19.1. The molecule has 0 radical (unpaired) electrons. The molecule has 3 rings (SSSR count). The van der Waals surface area contributed by atoms with Gasteiger partial charge in [-0.15, -0.1) is 0 Å². The molecule has 182 valence electrons. The molecule has 2 heterocycles. The first-order chi connectivity index (χ1) is 16.1. The van der Waals surface area contributed by atoms with Gasteiger partial charge in [-0.05, 0) is 31.2 Å². The van der Waals surface area contributed by atoms with Gasteiger partial charge in [0, 0.05) is 23.9 Å². The van der Waals surface area contributed by atoms with Crippen molar-refractivity contribution in [3.8, 4) is 11.8 Å². The predicted octanol–water partition coefficient (Wildman–Crippen LogP) is 2.13. The number of carbonyl (C=O) groups is 3. The number of benzene rings is 1. The molecule has 9 nitrogen and oxygen atoms in total. The molecule has 0 spiro atoms. The second-order valence-corrected chi connectivity index (χ2v) is 8.70. The predicted molar refractivity (Wildman–Crippen MR) is 119 cm³/mol. The highest BCUT2D eigenvalue weighted by molar-refractivity contribution is 6.01. The molecular formula is C23H27F2N5O4. The number of nitrogens with zero attached hydrogens (tertiary/aromatic N) is 1. The van der Waals surface area contributed by atoms with Gasteiger partial charge < -0.3 is 25.7 Å². The number of aromatic amines is 1. The van der Waals surface area contributed by atoms with E-state index in [9.17, 15) is 28.4 Å². The van der Waals surface area contributed by atoms with Crippen LogP contribution >= 0.6 is 0 Å². The smallest absolute Gasteiger partial charge is 0.268 e. The third-order valence-corrected chi connectivity index (χ3v) is 5.70. The summed E-state index contributed by atoms with van der Waals surface area (Å²) in [5.41, 5.74) is -0.188. The van der Waals surface area contributed by atoms with Crippen LogP contribution < -0.4 is 20.7 Å². The monoisotopic (exact) mass is 475 g/mol. The van der Waals surface area contributed by atoms with Crippen LogP contribution in [-0.4, -0.2) is 48.4 Å². The fourth-order valence-corrected chi connectivity index (χ4v) is 4.04. The summed E-state index contributed by atoms with van der Waals surface area (Å²) < 4.78 is 33.2. The average Bonchev–Trinajstić information content (AvgIpc) is 3.39. The highest BCUT2D eigenvalue weighted by Crippen LogP contribution is 2.31. The summed E-state index contributed by atoms with van der Waals surface area (Å²) in [4.78, 5) is 40.2. The average molecular weight is 475 g/mol. The van der Waals surface area contributed by atoms with Gasteiger partial charge in [-0.3, -0.25) is 14.4 Å². The van der Waals surface area contributed by atoms with E-state index in [2.05, 4.69) is 20.9 Å². The van der Waals surface area contributed by atoms with Crippen LogP contribution in [0, 0.1) is 34.8 Å². The maximum atomic E-state index is 14.2. The van der Waals surface area contributed by atoms with Crippen molar-refractivity contribution >= 4 is 28.6 Å². The molecule has 3 atom stereocenters. The zero-order chi connectivity index (χ0) is 25.0. The van der Waals surface area contributed by atoms with Gasteiger partial charge in [0.05, 0.1) is 18.7 Å². The van der Waals surface area contributed by atoms with Gasteiger partial charge in [-0.1, -0.05) is 13.8 Å². The Balaban J connectivity index is 1.77. The van der Waals surface area contributed by atoms with Gasteiger partial charge in [0.25, 0.3) is 5.91 Å². The lowest BCUT2D eigenvalue weighted by Crippen LogP contribution is -2.50. The van der Waals surface area contributed by atoms with Crippen LogP contribution in [0.15, 0.2) is 12.1 Å². The molecule has 2 aromatic rings. The Morgan fingerprint density at radius 1 is 1.26 bits per heavy atom.